The van der Waals surface area contributed by atoms with E-state index in [1.807, 2.05) is 0 Å². The van der Waals surface area contributed by atoms with E-state index in [1.54, 1.807) is 6.07 Å². The Morgan fingerprint density at radius 1 is 1.08 bits per heavy atom. The molecule has 1 N–H and O–H groups in total. The predicted octanol–water partition coefficient (Wildman–Crippen LogP) is 2.34. The maximum Gasteiger partial charge on any atom is 0.229 e. The van der Waals surface area contributed by atoms with Crippen LogP contribution < -0.4 is 4.90 Å². The van der Waals surface area contributed by atoms with Gasteiger partial charge < -0.3 is 14.9 Å². The molecule has 0 bridgehead atoms. The number of carbonyl (C=O) groups is 1. The van der Waals surface area contributed by atoms with Crippen molar-refractivity contribution >= 4 is 11.7 Å². The van der Waals surface area contributed by atoms with Crippen molar-refractivity contribution < 1.29 is 14.3 Å². The SMILES string of the molecule is O=C1N([C@H]2CC[C@H](O)CC2)CCC12CCN(c1ccc(F)cn1)CC2. The number of nitrogens with zero attached hydrogens (tertiary/aromatic N) is 3. The summed E-state index contributed by atoms with van der Waals surface area (Å²) in [5.74, 6) is 0.789. The fourth-order valence-electron chi connectivity index (χ4n) is 4.75. The average molecular weight is 347 g/mol. The van der Waals surface area contributed by atoms with E-state index in [2.05, 4.69) is 14.8 Å². The molecule has 6 heteroatoms. The molecule has 2 aliphatic heterocycles. The second kappa shape index (κ2) is 6.56. The van der Waals surface area contributed by atoms with Crippen LogP contribution >= 0.6 is 0 Å². The zero-order valence-corrected chi connectivity index (χ0v) is 14.5. The van der Waals surface area contributed by atoms with Crippen molar-refractivity contribution in [3.63, 3.8) is 0 Å². The van der Waals surface area contributed by atoms with E-state index >= 15 is 0 Å². The van der Waals surface area contributed by atoms with Gasteiger partial charge in [0.25, 0.3) is 0 Å². The molecule has 2 saturated heterocycles. The second-order valence-corrected chi connectivity index (χ2v) is 7.81. The molecule has 0 unspecified atom stereocenters. The van der Waals surface area contributed by atoms with Crippen LogP contribution in [0, 0.1) is 11.2 Å². The Morgan fingerprint density at radius 3 is 2.40 bits per heavy atom. The van der Waals surface area contributed by atoms with E-state index in [0.717, 1.165) is 70.4 Å². The Hall–Kier alpha value is -1.69. The van der Waals surface area contributed by atoms with Crippen molar-refractivity contribution in [3.8, 4) is 0 Å². The summed E-state index contributed by atoms with van der Waals surface area (Å²) in [7, 11) is 0. The quantitative estimate of drug-likeness (QED) is 0.892. The minimum Gasteiger partial charge on any atom is -0.393 e. The van der Waals surface area contributed by atoms with E-state index in [-0.39, 0.29) is 17.3 Å². The highest BCUT2D eigenvalue weighted by atomic mass is 19.1. The summed E-state index contributed by atoms with van der Waals surface area (Å²) in [6.45, 7) is 2.44. The van der Waals surface area contributed by atoms with Crippen molar-refractivity contribution in [1.82, 2.24) is 9.88 Å². The number of aliphatic hydroxyl groups is 1. The molecule has 25 heavy (non-hydrogen) atoms. The molecule has 0 radical (unpaired) electrons. The number of halogens is 1. The number of hydrogen-bond donors (Lipinski definition) is 1. The highest BCUT2D eigenvalue weighted by molar-refractivity contribution is 5.85. The molecule has 5 nitrogen and oxygen atoms in total. The van der Waals surface area contributed by atoms with Crippen LogP contribution in [-0.4, -0.2) is 52.7 Å². The van der Waals surface area contributed by atoms with Crippen LogP contribution in [0.1, 0.15) is 44.9 Å². The summed E-state index contributed by atoms with van der Waals surface area (Å²) in [6, 6.07) is 3.46. The summed E-state index contributed by atoms with van der Waals surface area (Å²) < 4.78 is 13.0. The van der Waals surface area contributed by atoms with Gasteiger partial charge in [-0.05, 0) is 57.1 Å². The largest absolute Gasteiger partial charge is 0.393 e. The Bertz CT molecular complexity index is 620. The molecule has 4 rings (SSSR count). The smallest absolute Gasteiger partial charge is 0.229 e. The fourth-order valence-corrected chi connectivity index (χ4v) is 4.75. The van der Waals surface area contributed by atoms with Crippen LogP contribution in [-0.2, 0) is 4.79 Å². The van der Waals surface area contributed by atoms with E-state index in [0.29, 0.717) is 11.9 Å². The molecule has 1 amide bonds. The Labute approximate surface area is 147 Å². The standard InChI is InChI=1S/C19H26FN3O2/c20-14-1-6-17(21-13-14)22-10-7-19(8-11-22)9-12-23(18(19)25)15-2-4-16(24)5-3-15/h1,6,13,15-16,24H,2-5,7-12H2/t15-,16-. The number of carbonyl (C=O) groups excluding carboxylic acids is 1. The van der Waals surface area contributed by atoms with Gasteiger partial charge >= 0.3 is 0 Å². The molecule has 136 valence electrons. The number of pyridine rings is 1. The van der Waals surface area contributed by atoms with Gasteiger partial charge in [-0.2, -0.15) is 0 Å². The van der Waals surface area contributed by atoms with Crippen LogP contribution in [0.3, 0.4) is 0 Å². The van der Waals surface area contributed by atoms with Gasteiger partial charge in [0.15, 0.2) is 0 Å². The van der Waals surface area contributed by atoms with Gasteiger partial charge in [-0.3, -0.25) is 4.79 Å². The molecule has 3 fully saturated rings. The average Bonchev–Trinajstić information content (AvgIpc) is 2.94. The Balaban J connectivity index is 1.39. The molecular weight excluding hydrogens is 321 g/mol. The lowest BCUT2D eigenvalue weighted by atomic mass is 9.77. The molecule has 0 aromatic carbocycles. The van der Waals surface area contributed by atoms with E-state index < -0.39 is 0 Å². The second-order valence-electron chi connectivity index (χ2n) is 7.81. The molecule has 1 aromatic heterocycles. The van der Waals surface area contributed by atoms with E-state index in [1.165, 1.54) is 12.3 Å². The number of rotatable bonds is 2. The normalized spacial score (nSPS) is 29.4. The number of anilines is 1. The van der Waals surface area contributed by atoms with Crippen molar-refractivity contribution in [2.75, 3.05) is 24.5 Å². The first-order valence-electron chi connectivity index (χ1n) is 9.43. The van der Waals surface area contributed by atoms with Gasteiger partial charge in [0, 0.05) is 25.7 Å². The highest BCUT2D eigenvalue weighted by Gasteiger charge is 2.50. The number of aliphatic hydroxyl groups excluding tert-OH is 1. The maximum atomic E-state index is 13.1. The van der Waals surface area contributed by atoms with Gasteiger partial charge in [0.05, 0.1) is 17.7 Å². The summed E-state index contributed by atoms with van der Waals surface area (Å²) in [5, 5.41) is 9.69. The van der Waals surface area contributed by atoms with Gasteiger partial charge in [0.2, 0.25) is 5.91 Å². The van der Waals surface area contributed by atoms with Gasteiger partial charge in [-0.25, -0.2) is 9.37 Å². The van der Waals surface area contributed by atoms with E-state index in [9.17, 15) is 14.3 Å². The summed E-state index contributed by atoms with van der Waals surface area (Å²) in [6.07, 6.45) is 7.16. The van der Waals surface area contributed by atoms with E-state index in [4.69, 9.17) is 0 Å². The fraction of sp³-hybridized carbons (Fsp3) is 0.684. The van der Waals surface area contributed by atoms with Crippen LogP contribution in [0.4, 0.5) is 10.2 Å². The first-order chi connectivity index (χ1) is 12.1. The predicted molar refractivity (Wildman–Crippen MR) is 92.7 cm³/mol. The molecule has 1 spiro atoms. The minimum atomic E-state index is -0.323. The summed E-state index contributed by atoms with van der Waals surface area (Å²) >= 11 is 0. The lowest BCUT2D eigenvalue weighted by Crippen LogP contribution is -2.47. The number of aromatic nitrogens is 1. The summed E-state index contributed by atoms with van der Waals surface area (Å²) in [5.41, 5.74) is -0.216. The summed E-state index contributed by atoms with van der Waals surface area (Å²) in [4.78, 5) is 21.5. The van der Waals surface area contributed by atoms with Crippen molar-refractivity contribution in [1.29, 1.82) is 0 Å². The maximum absolute atomic E-state index is 13.1. The first kappa shape index (κ1) is 16.8. The zero-order chi connectivity index (χ0) is 17.4. The lowest BCUT2D eigenvalue weighted by molar-refractivity contribution is -0.139. The third-order valence-electron chi connectivity index (χ3n) is 6.41. The molecular formula is C19H26FN3O2. The first-order valence-corrected chi connectivity index (χ1v) is 9.43. The van der Waals surface area contributed by atoms with Crippen LogP contribution in [0.2, 0.25) is 0 Å². The molecule has 1 saturated carbocycles. The van der Waals surface area contributed by atoms with Crippen LogP contribution in [0.15, 0.2) is 18.3 Å². The Morgan fingerprint density at radius 2 is 1.76 bits per heavy atom. The van der Waals surface area contributed by atoms with Gasteiger partial charge in [-0.15, -0.1) is 0 Å². The van der Waals surface area contributed by atoms with Crippen molar-refractivity contribution in [3.05, 3.63) is 24.1 Å². The van der Waals surface area contributed by atoms with Crippen molar-refractivity contribution in [2.24, 2.45) is 5.41 Å². The lowest BCUT2D eigenvalue weighted by Gasteiger charge is -2.40. The highest BCUT2D eigenvalue weighted by Crippen LogP contribution is 2.44. The van der Waals surface area contributed by atoms with Crippen molar-refractivity contribution in [2.45, 2.75) is 57.1 Å². The van der Waals surface area contributed by atoms with Gasteiger partial charge in [0.1, 0.15) is 11.6 Å². The van der Waals surface area contributed by atoms with Crippen LogP contribution in [0.5, 0.6) is 0 Å². The third-order valence-corrected chi connectivity index (χ3v) is 6.41. The monoisotopic (exact) mass is 347 g/mol. The topological polar surface area (TPSA) is 56.7 Å². The third kappa shape index (κ3) is 3.12. The van der Waals surface area contributed by atoms with Crippen LogP contribution in [0.25, 0.3) is 0 Å². The molecule has 3 aliphatic rings. The molecule has 0 atom stereocenters. The number of likely N-dealkylation sites (tertiary alicyclic amines) is 1. The molecule has 1 aromatic rings. The number of hydrogen-bond acceptors (Lipinski definition) is 4. The zero-order valence-electron chi connectivity index (χ0n) is 14.5. The number of amides is 1. The Kier molecular flexibility index (Phi) is 4.40. The molecule has 3 heterocycles. The number of piperidine rings is 1. The van der Waals surface area contributed by atoms with Gasteiger partial charge in [-0.1, -0.05) is 0 Å². The minimum absolute atomic E-state index is 0.186. The molecule has 1 aliphatic carbocycles.